The fourth-order valence-electron chi connectivity index (χ4n) is 6.01. The number of piperidine rings is 3. The van der Waals surface area contributed by atoms with E-state index in [4.69, 9.17) is 4.74 Å². The Morgan fingerprint density at radius 2 is 1.87 bits per heavy atom. The molecule has 0 spiro atoms. The molecule has 4 amide bonds. The standard InChI is InChI=1S/C28H33N5O5S/c34-24-10-9-22(25(35)30-24)33-16-18-14-20(7-8-21(18)26(33)36)38-17-19-6-2-5-13-32(19)27(37)23-15-29-28(39-23)31-11-3-1-4-12-31/h7-8,14-15,19,22H,1-6,9-13,16-17H2,(H,30,34,35)/t19-,22?/m0/s1. The van der Waals surface area contributed by atoms with Crippen molar-refractivity contribution < 1.29 is 23.9 Å². The highest BCUT2D eigenvalue weighted by molar-refractivity contribution is 7.17. The average molecular weight is 552 g/mol. The second kappa shape index (κ2) is 11.0. The zero-order valence-corrected chi connectivity index (χ0v) is 22.7. The maximum absolute atomic E-state index is 13.5. The number of amides is 4. The minimum absolute atomic E-state index is 0.0171. The molecule has 1 N–H and O–H groups in total. The number of hydrogen-bond acceptors (Lipinski definition) is 8. The first-order valence-corrected chi connectivity index (χ1v) is 14.7. The highest BCUT2D eigenvalue weighted by atomic mass is 32.1. The molecule has 10 nitrogen and oxygen atoms in total. The summed E-state index contributed by atoms with van der Waals surface area (Å²) in [5.74, 6) is -0.277. The van der Waals surface area contributed by atoms with Gasteiger partial charge in [-0.2, -0.15) is 0 Å². The van der Waals surface area contributed by atoms with Crippen LogP contribution in [0.15, 0.2) is 24.4 Å². The van der Waals surface area contributed by atoms with Crippen LogP contribution in [0.2, 0.25) is 0 Å². The van der Waals surface area contributed by atoms with Crippen LogP contribution in [-0.4, -0.2) is 76.7 Å². The van der Waals surface area contributed by atoms with Gasteiger partial charge in [-0.1, -0.05) is 11.3 Å². The molecule has 6 rings (SSSR count). The lowest BCUT2D eigenvalue weighted by molar-refractivity contribution is -0.136. The molecule has 4 aliphatic rings. The summed E-state index contributed by atoms with van der Waals surface area (Å²) in [6.45, 7) is 3.37. The molecular weight excluding hydrogens is 518 g/mol. The van der Waals surface area contributed by atoms with Gasteiger partial charge < -0.3 is 19.4 Å². The first-order valence-electron chi connectivity index (χ1n) is 13.9. The average Bonchev–Trinajstić information content (AvgIpc) is 3.57. The highest BCUT2D eigenvalue weighted by Gasteiger charge is 2.39. The van der Waals surface area contributed by atoms with Crippen LogP contribution in [0.5, 0.6) is 5.75 Å². The molecule has 3 saturated heterocycles. The quantitative estimate of drug-likeness (QED) is 0.550. The molecule has 0 aliphatic carbocycles. The van der Waals surface area contributed by atoms with Crippen molar-refractivity contribution in [1.82, 2.24) is 20.1 Å². The van der Waals surface area contributed by atoms with Gasteiger partial charge in [0.25, 0.3) is 11.8 Å². The number of carbonyl (C=O) groups is 4. The van der Waals surface area contributed by atoms with Crippen LogP contribution < -0.4 is 15.0 Å². The Bertz CT molecular complexity index is 1290. The number of carbonyl (C=O) groups excluding carboxylic acids is 4. The van der Waals surface area contributed by atoms with Crippen molar-refractivity contribution >= 4 is 40.1 Å². The fourth-order valence-corrected chi connectivity index (χ4v) is 6.93. The van der Waals surface area contributed by atoms with Crippen molar-refractivity contribution in [1.29, 1.82) is 0 Å². The van der Waals surface area contributed by atoms with Crippen LogP contribution >= 0.6 is 11.3 Å². The number of fused-ring (bicyclic) bond motifs is 1. The number of likely N-dealkylation sites (tertiary alicyclic amines) is 1. The van der Waals surface area contributed by atoms with Crippen molar-refractivity contribution in [2.75, 3.05) is 31.1 Å². The topological polar surface area (TPSA) is 112 Å². The molecule has 0 radical (unpaired) electrons. The molecule has 0 saturated carbocycles. The number of anilines is 1. The van der Waals surface area contributed by atoms with Crippen molar-refractivity contribution in [3.63, 3.8) is 0 Å². The molecule has 2 atom stereocenters. The normalized spacial score (nSPS) is 23.6. The number of nitrogens with zero attached hydrogens (tertiary/aromatic N) is 4. The van der Waals surface area contributed by atoms with Crippen LogP contribution in [0.3, 0.4) is 0 Å². The molecule has 2 aromatic rings. The lowest BCUT2D eigenvalue weighted by atomic mass is 10.0. The van der Waals surface area contributed by atoms with Gasteiger partial charge in [0.05, 0.1) is 12.2 Å². The van der Waals surface area contributed by atoms with Crippen molar-refractivity contribution in [3.05, 3.63) is 40.4 Å². The molecule has 3 fully saturated rings. The second-order valence-corrected chi connectivity index (χ2v) is 11.7. The van der Waals surface area contributed by atoms with Crippen LogP contribution in [0.1, 0.15) is 77.0 Å². The predicted octanol–water partition coefficient (Wildman–Crippen LogP) is 2.97. The van der Waals surface area contributed by atoms with Crippen molar-refractivity contribution in [2.24, 2.45) is 0 Å². The summed E-state index contributed by atoms with van der Waals surface area (Å²) in [6, 6.07) is 4.68. The van der Waals surface area contributed by atoms with E-state index in [1.54, 1.807) is 18.3 Å². The third-order valence-corrected chi connectivity index (χ3v) is 9.20. The Morgan fingerprint density at radius 1 is 1.05 bits per heavy atom. The molecule has 5 heterocycles. The van der Waals surface area contributed by atoms with Gasteiger partial charge in [-0.3, -0.25) is 24.5 Å². The maximum Gasteiger partial charge on any atom is 0.266 e. The lowest BCUT2D eigenvalue weighted by Crippen LogP contribution is -2.52. The van der Waals surface area contributed by atoms with Gasteiger partial charge in [0.1, 0.15) is 23.3 Å². The van der Waals surface area contributed by atoms with Crippen LogP contribution in [0.4, 0.5) is 5.13 Å². The van der Waals surface area contributed by atoms with E-state index in [1.165, 1.54) is 35.5 Å². The molecule has 1 aromatic carbocycles. The van der Waals surface area contributed by atoms with Gasteiger partial charge in [0, 0.05) is 38.2 Å². The number of thiazole rings is 1. The molecule has 4 aliphatic heterocycles. The van der Waals surface area contributed by atoms with E-state index in [9.17, 15) is 19.2 Å². The second-order valence-electron chi connectivity index (χ2n) is 10.7. The number of benzene rings is 1. The number of nitrogens with one attached hydrogen (secondary N) is 1. The Morgan fingerprint density at radius 3 is 2.69 bits per heavy atom. The number of aromatic nitrogens is 1. The summed E-state index contributed by atoms with van der Waals surface area (Å²) < 4.78 is 6.17. The number of ether oxygens (including phenoxy) is 1. The molecule has 0 bridgehead atoms. The monoisotopic (exact) mass is 551 g/mol. The summed E-state index contributed by atoms with van der Waals surface area (Å²) in [5.41, 5.74) is 1.35. The molecule has 39 heavy (non-hydrogen) atoms. The van der Waals surface area contributed by atoms with E-state index in [-0.39, 0.29) is 30.2 Å². The minimum atomic E-state index is -0.643. The zero-order chi connectivity index (χ0) is 26.9. The highest BCUT2D eigenvalue weighted by Crippen LogP contribution is 2.32. The van der Waals surface area contributed by atoms with Gasteiger partial charge in [-0.05, 0) is 68.7 Å². The molecular formula is C28H33N5O5S. The smallest absolute Gasteiger partial charge is 0.266 e. The Hall–Kier alpha value is -3.47. The van der Waals surface area contributed by atoms with E-state index >= 15 is 0 Å². The number of hydrogen-bond donors (Lipinski definition) is 1. The van der Waals surface area contributed by atoms with Gasteiger partial charge in [-0.25, -0.2) is 4.98 Å². The summed E-state index contributed by atoms with van der Waals surface area (Å²) >= 11 is 1.48. The minimum Gasteiger partial charge on any atom is -0.491 e. The number of imide groups is 1. The molecule has 206 valence electrons. The number of rotatable bonds is 6. The summed E-state index contributed by atoms with van der Waals surface area (Å²) in [6.07, 6.45) is 8.74. The van der Waals surface area contributed by atoms with E-state index < -0.39 is 11.9 Å². The SMILES string of the molecule is O=C1CCC(N2Cc3cc(OC[C@@H]4CCCCN4C(=O)c4cnc(N5CCCCC5)s4)ccc3C2=O)C(=O)N1. The van der Waals surface area contributed by atoms with Gasteiger partial charge in [0.2, 0.25) is 11.8 Å². The summed E-state index contributed by atoms with van der Waals surface area (Å²) in [5, 5.41) is 3.26. The van der Waals surface area contributed by atoms with Crippen LogP contribution in [-0.2, 0) is 16.1 Å². The summed E-state index contributed by atoms with van der Waals surface area (Å²) in [7, 11) is 0. The van der Waals surface area contributed by atoms with E-state index in [0.29, 0.717) is 42.3 Å². The molecule has 1 unspecified atom stereocenters. The third kappa shape index (κ3) is 5.24. The van der Waals surface area contributed by atoms with E-state index in [1.807, 2.05) is 11.0 Å². The van der Waals surface area contributed by atoms with E-state index in [2.05, 4.69) is 15.2 Å². The van der Waals surface area contributed by atoms with Crippen LogP contribution in [0, 0.1) is 0 Å². The first kappa shape index (κ1) is 25.8. The van der Waals surface area contributed by atoms with Gasteiger partial charge in [0.15, 0.2) is 5.13 Å². The first-order chi connectivity index (χ1) is 19.0. The molecule has 11 heteroatoms. The van der Waals surface area contributed by atoms with Crippen LogP contribution in [0.25, 0.3) is 0 Å². The Kier molecular flexibility index (Phi) is 7.24. The van der Waals surface area contributed by atoms with E-state index in [0.717, 1.165) is 43.0 Å². The molecule has 1 aromatic heterocycles. The Balaban J connectivity index is 1.10. The van der Waals surface area contributed by atoms with Crippen molar-refractivity contribution in [2.45, 2.75) is 70.0 Å². The largest absolute Gasteiger partial charge is 0.491 e. The van der Waals surface area contributed by atoms with Crippen molar-refractivity contribution in [3.8, 4) is 5.75 Å². The predicted molar refractivity (Wildman–Crippen MR) is 145 cm³/mol. The lowest BCUT2D eigenvalue weighted by Gasteiger charge is -2.35. The fraction of sp³-hybridized carbons (Fsp3) is 0.536. The maximum atomic E-state index is 13.5. The van der Waals surface area contributed by atoms with Gasteiger partial charge in [-0.15, -0.1) is 0 Å². The summed E-state index contributed by atoms with van der Waals surface area (Å²) in [4.78, 5) is 61.2. The van der Waals surface area contributed by atoms with Gasteiger partial charge >= 0.3 is 0 Å². The Labute approximate surface area is 231 Å². The third-order valence-electron chi connectivity index (χ3n) is 8.16. The zero-order valence-electron chi connectivity index (χ0n) is 21.9.